The Morgan fingerprint density at radius 3 is 2.95 bits per heavy atom. The van der Waals surface area contributed by atoms with Crippen molar-refractivity contribution in [3.05, 3.63) is 24.3 Å². The van der Waals surface area contributed by atoms with E-state index < -0.39 is 17.6 Å². The van der Waals surface area contributed by atoms with Crippen LogP contribution in [-0.4, -0.2) is 54.0 Å². The maximum Gasteiger partial charge on any atom is 0.446 e. The number of thioether (sulfide) groups is 1. The van der Waals surface area contributed by atoms with Crippen LogP contribution in [0.4, 0.5) is 23.7 Å². The molecule has 0 aliphatic carbocycles. The quantitative estimate of drug-likeness (QED) is 0.815. The Morgan fingerprint density at radius 2 is 2.23 bits per heavy atom. The molecule has 2 N–H and O–H groups in total. The third-order valence-electron chi connectivity index (χ3n) is 2.85. The molecule has 1 saturated heterocycles. The van der Waals surface area contributed by atoms with Crippen LogP contribution in [0, 0.1) is 0 Å². The topological polar surface area (TPSA) is 61.8 Å². The third kappa shape index (κ3) is 5.39. The summed E-state index contributed by atoms with van der Waals surface area (Å²) in [6.07, 6.45) is -0.777. The smallest absolute Gasteiger partial charge is 0.389 e. The fraction of sp³-hybridized carbons (Fsp3) is 0.462. The average molecular weight is 336 g/mol. The van der Waals surface area contributed by atoms with E-state index in [2.05, 4.69) is 5.32 Å². The summed E-state index contributed by atoms with van der Waals surface area (Å²) < 4.78 is 42.1. The van der Waals surface area contributed by atoms with Gasteiger partial charge in [-0.2, -0.15) is 13.2 Å². The predicted octanol–water partition coefficient (Wildman–Crippen LogP) is 2.52. The molecule has 0 bridgehead atoms. The second-order valence-electron chi connectivity index (χ2n) is 4.68. The van der Waals surface area contributed by atoms with Crippen molar-refractivity contribution in [3.8, 4) is 0 Å². The summed E-state index contributed by atoms with van der Waals surface area (Å²) in [6.45, 7) is 0.874. The molecular formula is C13H15F3N2O3S. The molecule has 5 nitrogen and oxygen atoms in total. The molecule has 1 heterocycles. The first-order valence-corrected chi connectivity index (χ1v) is 7.33. The molecule has 22 heavy (non-hydrogen) atoms. The highest BCUT2D eigenvalue weighted by Crippen LogP contribution is 2.37. The lowest BCUT2D eigenvalue weighted by Gasteiger charge is -2.22. The maximum absolute atomic E-state index is 12.3. The number of nitrogens with one attached hydrogen (secondary N) is 1. The van der Waals surface area contributed by atoms with Gasteiger partial charge in [-0.1, -0.05) is 6.07 Å². The van der Waals surface area contributed by atoms with Gasteiger partial charge in [0.05, 0.1) is 25.9 Å². The van der Waals surface area contributed by atoms with E-state index in [-0.39, 0.29) is 35.5 Å². The van der Waals surface area contributed by atoms with Gasteiger partial charge in [0.25, 0.3) is 0 Å². The molecule has 1 fully saturated rings. The van der Waals surface area contributed by atoms with Gasteiger partial charge in [-0.25, -0.2) is 4.79 Å². The number of benzene rings is 1. The number of alkyl halides is 3. The number of carbonyl (C=O) groups is 1. The molecule has 9 heteroatoms. The Kier molecular flexibility index (Phi) is 5.54. The molecular weight excluding hydrogens is 321 g/mol. The second-order valence-corrected chi connectivity index (χ2v) is 5.82. The molecule has 1 aromatic rings. The SMILES string of the molecule is O=C(Nc1cccc(SC(F)(F)F)c1)N1CCOC[C@@H](O)C1. The van der Waals surface area contributed by atoms with Crippen LogP contribution in [0.15, 0.2) is 29.2 Å². The number of anilines is 1. The number of rotatable bonds is 2. The minimum absolute atomic E-state index is 0.00969. The molecule has 0 spiro atoms. The lowest BCUT2D eigenvalue weighted by Crippen LogP contribution is -2.40. The standard InChI is InChI=1S/C13H15F3N2O3S/c14-13(15,16)22-11-3-1-2-9(6-11)17-12(20)18-4-5-21-8-10(19)7-18/h1-3,6,10,19H,4-5,7-8H2,(H,17,20)/t10-/m0/s1. The van der Waals surface area contributed by atoms with E-state index in [0.29, 0.717) is 13.2 Å². The number of urea groups is 1. The summed E-state index contributed by atoms with van der Waals surface area (Å²) in [5.74, 6) is 0. The van der Waals surface area contributed by atoms with Crippen LogP contribution in [0.2, 0.25) is 0 Å². The first-order valence-electron chi connectivity index (χ1n) is 6.51. The fourth-order valence-electron chi connectivity index (χ4n) is 1.95. The molecule has 1 aromatic carbocycles. The van der Waals surface area contributed by atoms with Gasteiger partial charge >= 0.3 is 11.5 Å². The number of halogens is 3. The Labute approximate surface area is 129 Å². The third-order valence-corrected chi connectivity index (χ3v) is 3.57. The number of hydrogen-bond donors (Lipinski definition) is 2. The molecule has 2 rings (SSSR count). The van der Waals surface area contributed by atoms with Crippen molar-refractivity contribution in [1.29, 1.82) is 0 Å². The van der Waals surface area contributed by atoms with E-state index in [1.54, 1.807) is 0 Å². The molecule has 1 aliphatic heterocycles. The van der Waals surface area contributed by atoms with Crippen molar-refractivity contribution in [2.24, 2.45) is 0 Å². The van der Waals surface area contributed by atoms with Gasteiger partial charge in [0.1, 0.15) is 0 Å². The monoisotopic (exact) mass is 336 g/mol. The molecule has 1 aliphatic rings. The zero-order valence-electron chi connectivity index (χ0n) is 11.5. The van der Waals surface area contributed by atoms with E-state index in [0.717, 1.165) is 0 Å². The highest BCUT2D eigenvalue weighted by Gasteiger charge is 2.29. The zero-order chi connectivity index (χ0) is 16.2. The Bertz CT molecular complexity index is 527. The van der Waals surface area contributed by atoms with Crippen molar-refractivity contribution in [1.82, 2.24) is 4.90 Å². The van der Waals surface area contributed by atoms with Crippen LogP contribution in [0.3, 0.4) is 0 Å². The normalized spacial score (nSPS) is 19.6. The van der Waals surface area contributed by atoms with Crippen molar-refractivity contribution in [2.75, 3.05) is 31.6 Å². The van der Waals surface area contributed by atoms with Crippen LogP contribution >= 0.6 is 11.8 Å². The van der Waals surface area contributed by atoms with Crippen LogP contribution in [0.5, 0.6) is 0 Å². The van der Waals surface area contributed by atoms with Crippen LogP contribution in [0.1, 0.15) is 0 Å². The average Bonchev–Trinajstić information content (AvgIpc) is 2.62. The van der Waals surface area contributed by atoms with Crippen LogP contribution in [0.25, 0.3) is 0 Å². The van der Waals surface area contributed by atoms with Gasteiger partial charge in [-0.3, -0.25) is 0 Å². The van der Waals surface area contributed by atoms with Gasteiger partial charge in [0.2, 0.25) is 0 Å². The van der Waals surface area contributed by atoms with Crippen molar-refractivity contribution < 1.29 is 27.8 Å². The predicted molar refractivity (Wildman–Crippen MR) is 75.8 cm³/mol. The van der Waals surface area contributed by atoms with Crippen LogP contribution < -0.4 is 5.32 Å². The van der Waals surface area contributed by atoms with Gasteiger partial charge in [0.15, 0.2) is 0 Å². The Morgan fingerprint density at radius 1 is 1.45 bits per heavy atom. The molecule has 0 aromatic heterocycles. The molecule has 0 saturated carbocycles. The highest BCUT2D eigenvalue weighted by molar-refractivity contribution is 8.00. The first kappa shape index (κ1) is 16.9. The van der Waals surface area contributed by atoms with Gasteiger partial charge in [0, 0.05) is 17.1 Å². The summed E-state index contributed by atoms with van der Waals surface area (Å²) in [4.78, 5) is 13.4. The summed E-state index contributed by atoms with van der Waals surface area (Å²) in [7, 11) is 0. The molecule has 1 atom stereocenters. The van der Waals surface area contributed by atoms with Gasteiger partial charge in [-0.05, 0) is 30.0 Å². The number of hydrogen-bond acceptors (Lipinski definition) is 4. The number of carbonyl (C=O) groups excluding carboxylic acids is 1. The highest BCUT2D eigenvalue weighted by atomic mass is 32.2. The minimum atomic E-state index is -4.38. The number of β-amino-alcohol motifs (C(OH)–C–C–N with tert-alkyl or cyclic N) is 1. The largest absolute Gasteiger partial charge is 0.446 e. The Balaban J connectivity index is 2.00. The van der Waals surface area contributed by atoms with Crippen molar-refractivity contribution >= 4 is 23.5 Å². The zero-order valence-corrected chi connectivity index (χ0v) is 12.3. The van der Waals surface area contributed by atoms with E-state index >= 15 is 0 Å². The lowest BCUT2D eigenvalue weighted by atomic mass is 10.3. The molecule has 0 radical (unpaired) electrons. The number of ether oxygens (including phenoxy) is 1. The van der Waals surface area contributed by atoms with E-state index in [9.17, 15) is 23.1 Å². The summed E-state index contributed by atoms with van der Waals surface area (Å²) in [6, 6.07) is 5.02. The number of aliphatic hydroxyl groups is 1. The molecule has 2 amide bonds. The first-order chi connectivity index (χ1) is 10.3. The van der Waals surface area contributed by atoms with E-state index in [1.807, 2.05) is 0 Å². The van der Waals surface area contributed by atoms with E-state index in [4.69, 9.17) is 4.74 Å². The van der Waals surface area contributed by atoms with Crippen molar-refractivity contribution in [2.45, 2.75) is 16.5 Å². The fourth-order valence-corrected chi connectivity index (χ4v) is 2.55. The summed E-state index contributed by atoms with van der Waals surface area (Å²) in [5.41, 5.74) is -4.12. The number of aliphatic hydroxyl groups excluding tert-OH is 1. The molecule has 0 unspecified atom stereocenters. The van der Waals surface area contributed by atoms with Gasteiger partial charge in [-0.15, -0.1) is 0 Å². The van der Waals surface area contributed by atoms with Crippen LogP contribution in [-0.2, 0) is 4.74 Å². The number of amides is 2. The lowest BCUT2D eigenvalue weighted by molar-refractivity contribution is -0.0328. The molecule has 122 valence electrons. The second kappa shape index (κ2) is 7.21. The Hall–Kier alpha value is -1.45. The maximum atomic E-state index is 12.3. The summed E-state index contributed by atoms with van der Waals surface area (Å²) >= 11 is -0.244. The minimum Gasteiger partial charge on any atom is -0.389 e. The van der Waals surface area contributed by atoms with Gasteiger partial charge < -0.3 is 20.1 Å². The number of nitrogens with zero attached hydrogens (tertiary/aromatic N) is 1. The van der Waals surface area contributed by atoms with E-state index in [1.165, 1.54) is 29.2 Å². The van der Waals surface area contributed by atoms with Crippen molar-refractivity contribution in [3.63, 3.8) is 0 Å². The summed E-state index contributed by atoms with van der Waals surface area (Å²) in [5, 5.41) is 12.1.